The van der Waals surface area contributed by atoms with E-state index in [0.717, 1.165) is 36.2 Å². The van der Waals surface area contributed by atoms with Gasteiger partial charge >= 0.3 is 0 Å². The van der Waals surface area contributed by atoms with Crippen molar-refractivity contribution in [2.24, 2.45) is 0 Å². The molecular formula is C14H11F3N2. The minimum atomic E-state index is -1.45. The Morgan fingerprint density at radius 1 is 1.16 bits per heavy atom. The smallest absolute Gasteiger partial charge is 0.194 e. The van der Waals surface area contributed by atoms with Crippen LogP contribution in [0.4, 0.5) is 18.9 Å². The van der Waals surface area contributed by atoms with E-state index in [1.54, 1.807) is 6.20 Å². The van der Waals surface area contributed by atoms with Crippen LogP contribution in [0.15, 0.2) is 30.5 Å². The van der Waals surface area contributed by atoms with Gasteiger partial charge in [0.05, 0.1) is 11.7 Å². The van der Waals surface area contributed by atoms with Crippen molar-refractivity contribution in [1.29, 1.82) is 0 Å². The number of benzene rings is 1. The highest BCUT2D eigenvalue weighted by atomic mass is 19.2. The summed E-state index contributed by atoms with van der Waals surface area (Å²) in [6, 6.07) is 5.66. The Bertz CT molecular complexity index is 605. The molecule has 0 saturated heterocycles. The maximum atomic E-state index is 13.1. The molecule has 98 valence electrons. The van der Waals surface area contributed by atoms with E-state index < -0.39 is 17.5 Å². The molecule has 0 amide bonds. The first kappa shape index (κ1) is 12.0. The number of nitrogens with one attached hydrogen (secondary N) is 1. The molecule has 0 spiro atoms. The molecule has 0 saturated carbocycles. The summed E-state index contributed by atoms with van der Waals surface area (Å²) in [6.45, 7) is 0. The second kappa shape index (κ2) is 4.57. The van der Waals surface area contributed by atoms with Gasteiger partial charge in [0.2, 0.25) is 0 Å². The number of halogens is 3. The van der Waals surface area contributed by atoms with Crippen LogP contribution in [0, 0.1) is 17.5 Å². The predicted octanol–water partition coefficient (Wildman–Crippen LogP) is 3.60. The largest absolute Gasteiger partial charge is 0.376 e. The van der Waals surface area contributed by atoms with E-state index in [1.807, 2.05) is 12.1 Å². The summed E-state index contributed by atoms with van der Waals surface area (Å²) in [5, 5.41) is 3.00. The molecule has 19 heavy (non-hydrogen) atoms. The first-order valence-corrected chi connectivity index (χ1v) is 6.00. The lowest BCUT2D eigenvalue weighted by Gasteiger charge is -2.15. The van der Waals surface area contributed by atoms with Crippen molar-refractivity contribution in [3.05, 3.63) is 59.2 Å². The van der Waals surface area contributed by atoms with Crippen LogP contribution in [-0.4, -0.2) is 4.98 Å². The first-order chi connectivity index (χ1) is 9.15. The van der Waals surface area contributed by atoms with Crippen molar-refractivity contribution in [2.45, 2.75) is 18.9 Å². The SMILES string of the molecule is Fc1cc(NC2CCc3cccnc32)cc(F)c1F. The van der Waals surface area contributed by atoms with E-state index in [0.29, 0.717) is 0 Å². The van der Waals surface area contributed by atoms with Crippen LogP contribution in [0.2, 0.25) is 0 Å². The third kappa shape index (κ3) is 2.16. The first-order valence-electron chi connectivity index (χ1n) is 6.00. The van der Waals surface area contributed by atoms with Crippen LogP contribution < -0.4 is 5.32 Å². The zero-order valence-electron chi connectivity index (χ0n) is 9.96. The molecule has 0 fully saturated rings. The van der Waals surface area contributed by atoms with Gasteiger partial charge in [0.15, 0.2) is 17.5 Å². The van der Waals surface area contributed by atoms with E-state index in [-0.39, 0.29) is 11.7 Å². The molecule has 1 aliphatic rings. The average molecular weight is 264 g/mol. The molecule has 1 aromatic heterocycles. The zero-order chi connectivity index (χ0) is 13.4. The fourth-order valence-electron chi connectivity index (χ4n) is 2.39. The predicted molar refractivity (Wildman–Crippen MR) is 65.2 cm³/mol. The van der Waals surface area contributed by atoms with E-state index >= 15 is 0 Å². The van der Waals surface area contributed by atoms with Crippen LogP contribution >= 0.6 is 0 Å². The van der Waals surface area contributed by atoms with Crippen molar-refractivity contribution in [3.63, 3.8) is 0 Å². The molecule has 1 aromatic carbocycles. The normalized spacial score (nSPS) is 17.3. The summed E-state index contributed by atoms with van der Waals surface area (Å²) < 4.78 is 39.2. The third-order valence-electron chi connectivity index (χ3n) is 3.28. The van der Waals surface area contributed by atoms with Crippen molar-refractivity contribution < 1.29 is 13.2 Å². The second-order valence-corrected chi connectivity index (χ2v) is 4.54. The van der Waals surface area contributed by atoms with Crippen LogP contribution in [-0.2, 0) is 6.42 Å². The lowest BCUT2D eigenvalue weighted by molar-refractivity contribution is 0.447. The number of rotatable bonds is 2. The Morgan fingerprint density at radius 2 is 1.89 bits per heavy atom. The topological polar surface area (TPSA) is 24.9 Å². The van der Waals surface area contributed by atoms with Gasteiger partial charge < -0.3 is 5.32 Å². The number of aromatic nitrogens is 1. The molecule has 1 aliphatic carbocycles. The van der Waals surface area contributed by atoms with Gasteiger partial charge in [0.25, 0.3) is 0 Å². The highest BCUT2D eigenvalue weighted by Crippen LogP contribution is 2.32. The van der Waals surface area contributed by atoms with Crippen molar-refractivity contribution in [3.8, 4) is 0 Å². The van der Waals surface area contributed by atoms with Crippen LogP contribution in [0.3, 0.4) is 0 Å². The molecule has 1 heterocycles. The van der Waals surface area contributed by atoms with E-state index in [1.165, 1.54) is 0 Å². The summed E-state index contributed by atoms with van der Waals surface area (Å²) in [7, 11) is 0. The van der Waals surface area contributed by atoms with Gasteiger partial charge in [-0.15, -0.1) is 0 Å². The minimum Gasteiger partial charge on any atom is -0.376 e. The summed E-state index contributed by atoms with van der Waals surface area (Å²) in [6.07, 6.45) is 3.35. The third-order valence-corrected chi connectivity index (χ3v) is 3.28. The second-order valence-electron chi connectivity index (χ2n) is 4.54. The molecular weight excluding hydrogens is 253 g/mol. The van der Waals surface area contributed by atoms with Gasteiger partial charge in [-0.1, -0.05) is 6.07 Å². The maximum absolute atomic E-state index is 13.1. The Hall–Kier alpha value is -2.04. The molecule has 0 radical (unpaired) electrons. The van der Waals surface area contributed by atoms with E-state index in [2.05, 4.69) is 10.3 Å². The van der Waals surface area contributed by atoms with Crippen LogP contribution in [0.1, 0.15) is 23.7 Å². The standard InChI is InChI=1S/C14H11F3N2/c15-10-6-9(7-11(16)13(10)17)19-12-4-3-8-2-1-5-18-14(8)12/h1-2,5-7,12,19H,3-4H2. The molecule has 1 unspecified atom stereocenters. The average Bonchev–Trinajstić information content (AvgIpc) is 2.79. The monoisotopic (exact) mass is 264 g/mol. The number of hydrogen-bond acceptors (Lipinski definition) is 2. The van der Waals surface area contributed by atoms with Crippen LogP contribution in [0.25, 0.3) is 0 Å². The molecule has 3 rings (SSSR count). The zero-order valence-corrected chi connectivity index (χ0v) is 9.96. The molecule has 2 nitrogen and oxygen atoms in total. The number of nitrogens with zero attached hydrogens (tertiary/aromatic N) is 1. The van der Waals surface area contributed by atoms with E-state index in [9.17, 15) is 13.2 Å². The van der Waals surface area contributed by atoms with Gasteiger partial charge in [-0.2, -0.15) is 0 Å². The lowest BCUT2D eigenvalue weighted by Crippen LogP contribution is -2.09. The fraction of sp³-hybridized carbons (Fsp3) is 0.214. The number of pyridine rings is 1. The Balaban J connectivity index is 1.87. The highest BCUT2D eigenvalue weighted by Gasteiger charge is 2.24. The van der Waals surface area contributed by atoms with Gasteiger partial charge in [-0.25, -0.2) is 13.2 Å². The van der Waals surface area contributed by atoms with Gasteiger partial charge in [-0.3, -0.25) is 4.98 Å². The number of anilines is 1. The lowest BCUT2D eigenvalue weighted by atomic mass is 10.2. The number of fused-ring (bicyclic) bond motifs is 1. The van der Waals surface area contributed by atoms with Crippen molar-refractivity contribution >= 4 is 5.69 Å². The summed E-state index contributed by atoms with van der Waals surface area (Å²) >= 11 is 0. The van der Waals surface area contributed by atoms with E-state index in [4.69, 9.17) is 0 Å². The Kier molecular flexibility index (Phi) is 2.89. The highest BCUT2D eigenvalue weighted by molar-refractivity contribution is 5.47. The van der Waals surface area contributed by atoms with Crippen molar-refractivity contribution in [1.82, 2.24) is 4.98 Å². The van der Waals surface area contributed by atoms with Gasteiger partial charge in [0.1, 0.15) is 0 Å². The minimum absolute atomic E-state index is 0.0968. The summed E-state index contributed by atoms with van der Waals surface area (Å²) in [5.41, 5.74) is 2.23. The van der Waals surface area contributed by atoms with Crippen molar-refractivity contribution in [2.75, 3.05) is 5.32 Å². The number of hydrogen-bond donors (Lipinski definition) is 1. The summed E-state index contributed by atoms with van der Waals surface area (Å²) in [5.74, 6) is -3.83. The molecule has 0 bridgehead atoms. The van der Waals surface area contributed by atoms with Gasteiger partial charge in [0, 0.05) is 24.0 Å². The van der Waals surface area contributed by atoms with Crippen LogP contribution in [0.5, 0.6) is 0 Å². The molecule has 5 heteroatoms. The maximum Gasteiger partial charge on any atom is 0.194 e. The summed E-state index contributed by atoms with van der Waals surface area (Å²) in [4.78, 5) is 4.28. The molecule has 2 aromatic rings. The Labute approximate surface area is 108 Å². The number of aryl methyl sites for hydroxylation is 1. The molecule has 1 N–H and O–H groups in total. The Morgan fingerprint density at radius 3 is 2.63 bits per heavy atom. The molecule has 0 aliphatic heterocycles. The quantitative estimate of drug-likeness (QED) is 0.838. The fourth-order valence-corrected chi connectivity index (χ4v) is 2.39. The van der Waals surface area contributed by atoms with Gasteiger partial charge in [-0.05, 0) is 24.5 Å². The molecule has 1 atom stereocenters.